The second-order valence-corrected chi connectivity index (χ2v) is 4.30. The van der Waals surface area contributed by atoms with Crippen LogP contribution in [0.3, 0.4) is 0 Å². The zero-order valence-electron chi connectivity index (χ0n) is 11.4. The summed E-state index contributed by atoms with van der Waals surface area (Å²) < 4.78 is 5.05. The van der Waals surface area contributed by atoms with Crippen molar-refractivity contribution in [2.75, 3.05) is 33.3 Å². The van der Waals surface area contributed by atoms with Gasteiger partial charge in [-0.1, -0.05) is 6.07 Å². The predicted octanol–water partition coefficient (Wildman–Crippen LogP) is 1.79. The fourth-order valence-corrected chi connectivity index (χ4v) is 2.25. The highest BCUT2D eigenvalue weighted by Gasteiger charge is 2.22. The van der Waals surface area contributed by atoms with Crippen LogP contribution in [0.2, 0.25) is 0 Å². The molecule has 0 radical (unpaired) electrons. The Labute approximate surface area is 132 Å². The lowest BCUT2D eigenvalue weighted by Crippen LogP contribution is -2.45. The van der Waals surface area contributed by atoms with E-state index in [1.165, 1.54) is 0 Å². The number of hydrogen-bond acceptors (Lipinski definition) is 5. The summed E-state index contributed by atoms with van der Waals surface area (Å²) in [6.07, 6.45) is 2.30. The fourth-order valence-electron chi connectivity index (χ4n) is 2.25. The minimum Gasteiger partial charge on any atom is -0.481 e. The van der Waals surface area contributed by atoms with E-state index in [1.807, 2.05) is 18.3 Å². The van der Waals surface area contributed by atoms with Gasteiger partial charge in [0.25, 0.3) is 0 Å². The van der Waals surface area contributed by atoms with Crippen molar-refractivity contribution in [3.63, 3.8) is 0 Å². The first kappa shape index (κ1) is 18.9. The lowest BCUT2D eigenvalue weighted by molar-refractivity contribution is 0.175. The maximum absolute atomic E-state index is 8.99. The number of aromatic nitrogens is 1. The molecule has 0 bridgehead atoms. The van der Waals surface area contributed by atoms with Crippen LogP contribution in [0.4, 0.5) is 0 Å². The number of ether oxygens (including phenoxy) is 1. The minimum atomic E-state index is 0. The third-order valence-corrected chi connectivity index (χ3v) is 3.23. The summed E-state index contributed by atoms with van der Waals surface area (Å²) in [7, 11) is 1.60. The first-order chi connectivity index (χ1) is 8.85. The van der Waals surface area contributed by atoms with Crippen molar-refractivity contribution in [3.05, 3.63) is 23.9 Å². The molecule has 0 aliphatic carbocycles. The average Bonchev–Trinajstić information content (AvgIpc) is 2.46. The zero-order chi connectivity index (χ0) is 12.8. The second-order valence-electron chi connectivity index (χ2n) is 4.30. The number of hydrogen-bond donors (Lipinski definition) is 1. The number of nitrogens with zero attached hydrogens (tertiary/aromatic N) is 3. The molecule has 20 heavy (non-hydrogen) atoms. The summed E-state index contributed by atoms with van der Waals surface area (Å²) in [4.78, 5) is 6.56. The number of nitriles is 1. The molecule has 0 saturated carbocycles. The van der Waals surface area contributed by atoms with Gasteiger partial charge in [0.1, 0.15) is 0 Å². The van der Waals surface area contributed by atoms with Crippen molar-refractivity contribution in [2.45, 2.75) is 12.5 Å². The van der Waals surface area contributed by atoms with Gasteiger partial charge in [-0.05, 0) is 5.56 Å². The second kappa shape index (κ2) is 9.78. The summed E-state index contributed by atoms with van der Waals surface area (Å²) in [6, 6.07) is 6.25. The highest BCUT2D eigenvalue weighted by atomic mass is 35.5. The van der Waals surface area contributed by atoms with Gasteiger partial charge < -0.3 is 10.1 Å². The first-order valence-corrected chi connectivity index (χ1v) is 6.17. The summed E-state index contributed by atoms with van der Waals surface area (Å²) in [5.74, 6) is 0.606. The Morgan fingerprint density at radius 3 is 2.60 bits per heavy atom. The quantitative estimate of drug-likeness (QED) is 0.917. The highest BCUT2D eigenvalue weighted by molar-refractivity contribution is 5.85. The summed E-state index contributed by atoms with van der Waals surface area (Å²) in [5.41, 5.74) is 1.08. The van der Waals surface area contributed by atoms with E-state index in [-0.39, 0.29) is 30.9 Å². The van der Waals surface area contributed by atoms with Crippen LogP contribution in [0.25, 0.3) is 0 Å². The van der Waals surface area contributed by atoms with Crippen LogP contribution in [0.5, 0.6) is 5.88 Å². The Morgan fingerprint density at radius 1 is 1.40 bits per heavy atom. The molecule has 2 rings (SSSR count). The number of methoxy groups -OCH3 is 1. The van der Waals surface area contributed by atoms with Gasteiger partial charge in [-0.15, -0.1) is 24.8 Å². The largest absolute Gasteiger partial charge is 0.481 e. The van der Waals surface area contributed by atoms with Crippen LogP contribution in [-0.4, -0.2) is 43.2 Å². The van der Waals surface area contributed by atoms with Crippen molar-refractivity contribution < 1.29 is 4.74 Å². The van der Waals surface area contributed by atoms with E-state index >= 15 is 0 Å². The van der Waals surface area contributed by atoms with Crippen molar-refractivity contribution >= 4 is 24.8 Å². The Balaban J connectivity index is 0.00000180. The lowest BCUT2D eigenvalue weighted by Gasteiger charge is -2.33. The first-order valence-electron chi connectivity index (χ1n) is 6.17. The monoisotopic (exact) mass is 318 g/mol. The van der Waals surface area contributed by atoms with Gasteiger partial charge in [-0.3, -0.25) is 4.90 Å². The Hall–Kier alpha value is -1.06. The molecule has 0 amide bonds. The topological polar surface area (TPSA) is 61.2 Å². The van der Waals surface area contributed by atoms with E-state index in [1.54, 1.807) is 7.11 Å². The van der Waals surface area contributed by atoms with E-state index in [0.29, 0.717) is 12.3 Å². The molecular weight excluding hydrogens is 299 g/mol. The highest BCUT2D eigenvalue weighted by Crippen LogP contribution is 2.24. The summed E-state index contributed by atoms with van der Waals surface area (Å²) in [5, 5.41) is 12.3. The van der Waals surface area contributed by atoms with Gasteiger partial charge in [-0.2, -0.15) is 5.26 Å². The number of rotatable bonds is 4. The maximum atomic E-state index is 8.99. The van der Waals surface area contributed by atoms with E-state index in [4.69, 9.17) is 10.00 Å². The zero-order valence-corrected chi connectivity index (χ0v) is 13.0. The van der Waals surface area contributed by atoms with Crippen molar-refractivity contribution in [1.82, 2.24) is 15.2 Å². The standard InChI is InChI=1S/C13H18N4O.2ClH/c1-18-13-3-2-11(10-16-13)12(4-5-14)17-8-6-15-7-9-17;;/h2-3,10,12,15H,4,6-9H2,1H3;2*1H/t12-;;/m0../s1. The van der Waals surface area contributed by atoms with Crippen LogP contribution in [-0.2, 0) is 0 Å². The third-order valence-electron chi connectivity index (χ3n) is 3.23. The molecule has 0 spiro atoms. The van der Waals surface area contributed by atoms with Crippen molar-refractivity contribution in [1.29, 1.82) is 5.26 Å². The van der Waals surface area contributed by atoms with Crippen LogP contribution in [0, 0.1) is 11.3 Å². The molecule has 1 saturated heterocycles. The van der Waals surface area contributed by atoms with Gasteiger partial charge in [0.15, 0.2) is 0 Å². The molecule has 1 aromatic rings. The third kappa shape index (κ3) is 4.80. The predicted molar refractivity (Wildman–Crippen MR) is 82.7 cm³/mol. The van der Waals surface area contributed by atoms with Gasteiger partial charge in [0, 0.05) is 44.5 Å². The molecule has 1 aliphatic heterocycles. The molecule has 5 nitrogen and oxygen atoms in total. The molecule has 1 fully saturated rings. The smallest absolute Gasteiger partial charge is 0.212 e. The van der Waals surface area contributed by atoms with E-state index in [9.17, 15) is 0 Å². The van der Waals surface area contributed by atoms with Gasteiger partial charge in [0.05, 0.1) is 19.6 Å². The van der Waals surface area contributed by atoms with Crippen LogP contribution < -0.4 is 10.1 Å². The molecule has 0 aromatic carbocycles. The lowest BCUT2D eigenvalue weighted by atomic mass is 10.0. The molecule has 1 atom stereocenters. The Kier molecular flexibility index (Phi) is 9.26. The van der Waals surface area contributed by atoms with Crippen LogP contribution in [0.1, 0.15) is 18.0 Å². The Bertz CT molecular complexity index is 415. The fraction of sp³-hybridized carbons (Fsp3) is 0.538. The molecule has 0 unspecified atom stereocenters. The number of pyridine rings is 1. The van der Waals surface area contributed by atoms with Gasteiger partial charge in [0.2, 0.25) is 5.88 Å². The molecule has 1 aromatic heterocycles. The average molecular weight is 319 g/mol. The molecule has 1 N–H and O–H groups in total. The van der Waals surface area contributed by atoms with Gasteiger partial charge >= 0.3 is 0 Å². The maximum Gasteiger partial charge on any atom is 0.212 e. The number of piperazine rings is 1. The molecule has 112 valence electrons. The summed E-state index contributed by atoms with van der Waals surface area (Å²) in [6.45, 7) is 3.90. The number of halogens is 2. The molecule has 7 heteroatoms. The molecular formula is C13H20Cl2N4O. The van der Waals surface area contributed by atoms with Crippen molar-refractivity contribution in [2.24, 2.45) is 0 Å². The minimum absolute atomic E-state index is 0. The SMILES string of the molecule is COc1ccc([C@H](CC#N)N2CCNCC2)cn1.Cl.Cl. The normalized spacial score (nSPS) is 16.2. The van der Waals surface area contributed by atoms with Crippen LogP contribution in [0.15, 0.2) is 18.3 Å². The van der Waals surface area contributed by atoms with Crippen LogP contribution >= 0.6 is 24.8 Å². The van der Waals surface area contributed by atoms with E-state index in [2.05, 4.69) is 21.3 Å². The molecule has 2 heterocycles. The molecule has 1 aliphatic rings. The Morgan fingerprint density at radius 2 is 2.10 bits per heavy atom. The number of nitrogens with one attached hydrogen (secondary N) is 1. The summed E-state index contributed by atoms with van der Waals surface area (Å²) >= 11 is 0. The van der Waals surface area contributed by atoms with Gasteiger partial charge in [-0.25, -0.2) is 4.98 Å². The van der Waals surface area contributed by atoms with E-state index < -0.39 is 0 Å². The van der Waals surface area contributed by atoms with Crippen molar-refractivity contribution in [3.8, 4) is 11.9 Å². The van der Waals surface area contributed by atoms with E-state index in [0.717, 1.165) is 31.7 Å².